The van der Waals surface area contributed by atoms with Crippen LogP contribution < -0.4 is 0 Å². The minimum Gasteiger partial charge on any atom is -0.462 e. The highest BCUT2D eigenvalue weighted by molar-refractivity contribution is 6.01. The first-order chi connectivity index (χ1) is 7.83. The highest BCUT2D eigenvalue weighted by atomic mass is 16.5. The topological polar surface area (TPSA) is 67.9 Å². The van der Waals surface area contributed by atoms with Crippen LogP contribution in [0.1, 0.15) is 30.1 Å². The van der Waals surface area contributed by atoms with Crippen molar-refractivity contribution in [3.05, 3.63) is 23.8 Å². The van der Waals surface area contributed by atoms with Crippen LogP contribution in [0.25, 0.3) is 11.0 Å². The Labute approximate surface area is 92.8 Å². The number of carbonyl (C=O) groups is 1. The Morgan fingerprint density at radius 1 is 1.50 bits per heavy atom. The van der Waals surface area contributed by atoms with Crippen molar-refractivity contribution in [2.75, 3.05) is 6.61 Å². The van der Waals surface area contributed by atoms with E-state index in [4.69, 9.17) is 4.74 Å². The zero-order chi connectivity index (χ0) is 11.4. The van der Waals surface area contributed by atoms with Gasteiger partial charge in [0.15, 0.2) is 0 Å². The molecule has 0 saturated heterocycles. The average molecular weight is 219 g/mol. The molecular weight excluding hydrogens is 206 g/mol. The molecule has 16 heavy (non-hydrogen) atoms. The van der Waals surface area contributed by atoms with Crippen LogP contribution in [-0.2, 0) is 4.74 Å². The predicted octanol–water partition coefficient (Wildman–Crippen LogP) is 1.91. The Balaban J connectivity index is 2.19. The summed E-state index contributed by atoms with van der Waals surface area (Å²) >= 11 is 0. The van der Waals surface area contributed by atoms with Crippen LogP contribution in [0.3, 0.4) is 0 Å². The molecule has 0 atom stereocenters. The maximum atomic E-state index is 11.7. The van der Waals surface area contributed by atoms with E-state index >= 15 is 0 Å². The summed E-state index contributed by atoms with van der Waals surface area (Å²) < 4.78 is 5.13. The second kappa shape index (κ2) is 4.74. The Morgan fingerprint density at radius 2 is 2.38 bits per heavy atom. The van der Waals surface area contributed by atoms with Gasteiger partial charge in [0.05, 0.1) is 17.7 Å². The molecule has 1 aromatic carbocycles. The number of fused-ring (bicyclic) bond motifs is 1. The smallest absolute Gasteiger partial charge is 0.340 e. The number of esters is 1. The number of benzene rings is 1. The molecule has 2 rings (SSSR count). The van der Waals surface area contributed by atoms with E-state index in [9.17, 15) is 4.79 Å². The molecule has 0 radical (unpaired) electrons. The number of aromatic amines is 1. The number of rotatable bonds is 4. The molecule has 0 saturated carbocycles. The van der Waals surface area contributed by atoms with Crippen LogP contribution in [0.4, 0.5) is 0 Å². The summed E-state index contributed by atoms with van der Waals surface area (Å²) in [6.07, 6.45) is 1.88. The number of H-pyrrole nitrogens is 1. The van der Waals surface area contributed by atoms with E-state index in [1.807, 2.05) is 13.0 Å². The summed E-state index contributed by atoms with van der Waals surface area (Å²) in [5.74, 6) is -0.340. The van der Waals surface area contributed by atoms with E-state index < -0.39 is 0 Å². The molecule has 84 valence electrons. The number of hydrogen-bond acceptors (Lipinski definition) is 4. The fourth-order valence-corrected chi connectivity index (χ4v) is 1.42. The molecule has 5 nitrogen and oxygen atoms in total. The number of carbonyl (C=O) groups excluding carboxylic acids is 1. The molecule has 0 fully saturated rings. The average Bonchev–Trinajstić information content (AvgIpc) is 2.76. The molecule has 0 aliphatic heterocycles. The summed E-state index contributed by atoms with van der Waals surface area (Å²) in [5.41, 5.74) is 1.76. The number of ether oxygens (including phenoxy) is 1. The number of nitrogens with one attached hydrogen (secondary N) is 1. The highest BCUT2D eigenvalue weighted by Crippen LogP contribution is 2.14. The minimum absolute atomic E-state index is 0.340. The normalized spacial score (nSPS) is 10.6. The van der Waals surface area contributed by atoms with Crippen LogP contribution >= 0.6 is 0 Å². The van der Waals surface area contributed by atoms with E-state index in [1.54, 1.807) is 12.1 Å². The maximum Gasteiger partial charge on any atom is 0.340 e. The zero-order valence-electron chi connectivity index (χ0n) is 9.06. The van der Waals surface area contributed by atoms with Crippen molar-refractivity contribution in [3.8, 4) is 0 Å². The fraction of sp³-hybridized carbons (Fsp3) is 0.364. The van der Waals surface area contributed by atoms with Gasteiger partial charge in [-0.25, -0.2) is 4.79 Å². The molecule has 0 aliphatic rings. The van der Waals surface area contributed by atoms with E-state index in [0.717, 1.165) is 18.4 Å². The molecule has 0 spiro atoms. The minimum atomic E-state index is -0.340. The quantitative estimate of drug-likeness (QED) is 0.630. The van der Waals surface area contributed by atoms with Crippen molar-refractivity contribution in [2.45, 2.75) is 19.8 Å². The van der Waals surface area contributed by atoms with Crippen molar-refractivity contribution in [3.63, 3.8) is 0 Å². The van der Waals surface area contributed by atoms with Crippen molar-refractivity contribution in [1.82, 2.24) is 15.4 Å². The third-order valence-corrected chi connectivity index (χ3v) is 2.31. The third-order valence-electron chi connectivity index (χ3n) is 2.31. The Morgan fingerprint density at radius 3 is 3.19 bits per heavy atom. The van der Waals surface area contributed by atoms with E-state index in [0.29, 0.717) is 17.7 Å². The van der Waals surface area contributed by atoms with E-state index in [-0.39, 0.29) is 5.97 Å². The first kappa shape index (κ1) is 10.6. The summed E-state index contributed by atoms with van der Waals surface area (Å²) in [7, 11) is 0. The van der Waals surface area contributed by atoms with Gasteiger partial charge >= 0.3 is 5.97 Å². The molecule has 0 unspecified atom stereocenters. The van der Waals surface area contributed by atoms with Crippen LogP contribution in [0.5, 0.6) is 0 Å². The lowest BCUT2D eigenvalue weighted by atomic mass is 10.2. The number of unbranched alkanes of at least 4 members (excludes halogenated alkanes) is 1. The van der Waals surface area contributed by atoms with Crippen molar-refractivity contribution < 1.29 is 9.53 Å². The standard InChI is InChI=1S/C11H13N3O2/c1-2-3-7-16-11(15)8-5-4-6-9-10(8)13-14-12-9/h4-6H,2-3,7H2,1H3,(H,12,13,14). The zero-order valence-corrected chi connectivity index (χ0v) is 9.06. The van der Waals surface area contributed by atoms with Crippen molar-refractivity contribution >= 4 is 17.0 Å². The third kappa shape index (κ3) is 2.03. The highest BCUT2D eigenvalue weighted by Gasteiger charge is 2.13. The Kier molecular flexibility index (Phi) is 3.14. The Hall–Kier alpha value is -1.91. The number of hydrogen-bond donors (Lipinski definition) is 1. The van der Waals surface area contributed by atoms with E-state index in [1.165, 1.54) is 0 Å². The second-order valence-electron chi connectivity index (χ2n) is 3.50. The van der Waals surface area contributed by atoms with Gasteiger partial charge in [-0.1, -0.05) is 24.6 Å². The number of aromatic nitrogens is 3. The largest absolute Gasteiger partial charge is 0.462 e. The molecule has 1 heterocycles. The lowest BCUT2D eigenvalue weighted by molar-refractivity contribution is 0.0502. The van der Waals surface area contributed by atoms with Gasteiger partial charge in [0, 0.05) is 0 Å². The van der Waals surface area contributed by atoms with Gasteiger partial charge in [-0.05, 0) is 18.6 Å². The van der Waals surface area contributed by atoms with Crippen LogP contribution in [-0.4, -0.2) is 28.0 Å². The first-order valence-corrected chi connectivity index (χ1v) is 5.30. The van der Waals surface area contributed by atoms with Gasteiger partial charge in [0.1, 0.15) is 5.52 Å². The van der Waals surface area contributed by atoms with Crippen molar-refractivity contribution in [1.29, 1.82) is 0 Å². The van der Waals surface area contributed by atoms with Gasteiger partial charge in [-0.2, -0.15) is 0 Å². The van der Waals surface area contributed by atoms with Gasteiger partial charge in [0.2, 0.25) is 0 Å². The molecule has 0 bridgehead atoms. The van der Waals surface area contributed by atoms with E-state index in [2.05, 4.69) is 15.4 Å². The van der Waals surface area contributed by atoms with Gasteiger partial charge in [0.25, 0.3) is 0 Å². The molecule has 2 aromatic rings. The SMILES string of the molecule is CCCCOC(=O)c1cccc2[nH]nnc12. The first-order valence-electron chi connectivity index (χ1n) is 5.30. The molecule has 0 amide bonds. The van der Waals surface area contributed by atoms with Crippen molar-refractivity contribution in [2.24, 2.45) is 0 Å². The van der Waals surface area contributed by atoms with Crippen LogP contribution in [0, 0.1) is 0 Å². The molecule has 0 aliphatic carbocycles. The Bertz CT molecular complexity index is 493. The monoisotopic (exact) mass is 219 g/mol. The number of nitrogens with zero attached hydrogens (tertiary/aromatic N) is 2. The molecule has 1 N–H and O–H groups in total. The van der Waals surface area contributed by atoms with Gasteiger partial charge in [-0.15, -0.1) is 5.10 Å². The van der Waals surface area contributed by atoms with Gasteiger partial charge in [-0.3, -0.25) is 5.10 Å². The van der Waals surface area contributed by atoms with Crippen LogP contribution in [0.15, 0.2) is 18.2 Å². The maximum absolute atomic E-state index is 11.7. The molecule has 1 aromatic heterocycles. The lowest BCUT2D eigenvalue weighted by Gasteiger charge is -2.03. The summed E-state index contributed by atoms with van der Waals surface area (Å²) in [6.45, 7) is 2.50. The summed E-state index contributed by atoms with van der Waals surface area (Å²) in [6, 6.07) is 5.29. The predicted molar refractivity (Wildman–Crippen MR) is 59.1 cm³/mol. The fourth-order valence-electron chi connectivity index (χ4n) is 1.42. The molecular formula is C11H13N3O2. The second-order valence-corrected chi connectivity index (χ2v) is 3.50. The summed E-state index contributed by atoms with van der Waals surface area (Å²) in [5, 5.41) is 10.2. The van der Waals surface area contributed by atoms with Gasteiger partial charge < -0.3 is 4.74 Å². The molecule has 5 heteroatoms. The summed E-state index contributed by atoms with van der Waals surface area (Å²) in [4.78, 5) is 11.7. The lowest BCUT2D eigenvalue weighted by Crippen LogP contribution is -2.06. The van der Waals surface area contributed by atoms with Crippen LogP contribution in [0.2, 0.25) is 0 Å².